The highest BCUT2D eigenvalue weighted by Crippen LogP contribution is 2.23. The second-order valence-corrected chi connectivity index (χ2v) is 11.3. The lowest BCUT2D eigenvalue weighted by molar-refractivity contribution is -0.141. The van der Waals surface area contributed by atoms with Crippen molar-refractivity contribution in [2.24, 2.45) is 0 Å². The lowest BCUT2D eigenvalue weighted by Crippen LogP contribution is -2.15. The van der Waals surface area contributed by atoms with Gasteiger partial charge in [0.25, 0.3) is 10.1 Å². The van der Waals surface area contributed by atoms with Crippen molar-refractivity contribution in [3.8, 4) is 11.3 Å². The summed E-state index contributed by atoms with van der Waals surface area (Å²) >= 11 is 0. The predicted molar refractivity (Wildman–Crippen MR) is 152 cm³/mol. The molecular formula is C29H39N3O5S. The van der Waals surface area contributed by atoms with Gasteiger partial charge in [0.05, 0.1) is 25.9 Å². The molecule has 2 aromatic heterocycles. The summed E-state index contributed by atoms with van der Waals surface area (Å²) in [4.78, 5) is 21.1. The van der Waals surface area contributed by atoms with Crippen LogP contribution in [0.25, 0.3) is 23.4 Å². The summed E-state index contributed by atoms with van der Waals surface area (Å²) in [5, 5.41) is 1.67. The summed E-state index contributed by atoms with van der Waals surface area (Å²) in [5.74, 6) is -0.354. The van der Waals surface area contributed by atoms with Crippen LogP contribution in [-0.4, -0.2) is 69.4 Å². The molecule has 0 unspecified atom stereocenters. The number of ether oxygens (including phenoxy) is 1. The summed E-state index contributed by atoms with van der Waals surface area (Å²) in [7, 11) is 1.79. The molecule has 9 heteroatoms. The van der Waals surface area contributed by atoms with Crippen LogP contribution in [0.3, 0.4) is 0 Å². The molecule has 0 bridgehead atoms. The topological polar surface area (TPSA) is 104 Å². The number of nitrogens with zero attached hydrogens (tertiary/aromatic N) is 1. The van der Waals surface area contributed by atoms with E-state index < -0.39 is 10.1 Å². The summed E-state index contributed by atoms with van der Waals surface area (Å²) in [6.07, 6.45) is 6.93. The Morgan fingerprint density at radius 1 is 1.03 bits per heavy atom. The zero-order valence-electron chi connectivity index (χ0n) is 22.7. The zero-order chi connectivity index (χ0) is 27.5. The van der Waals surface area contributed by atoms with Crippen LogP contribution in [0.15, 0.2) is 42.5 Å². The summed E-state index contributed by atoms with van der Waals surface area (Å²) in [6, 6.07) is 14.4. The third kappa shape index (κ3) is 9.01. The maximum absolute atomic E-state index is 11.9. The molecule has 206 valence electrons. The summed E-state index contributed by atoms with van der Waals surface area (Å²) in [5.41, 5.74) is 5.35. The number of nitrogens with one attached hydrogen (secondary N) is 2. The minimum atomic E-state index is -3.53. The highest BCUT2D eigenvalue weighted by Gasteiger charge is 2.12. The average Bonchev–Trinajstić information content (AvgIpc) is 3.47. The van der Waals surface area contributed by atoms with Crippen molar-refractivity contribution >= 4 is 28.2 Å². The van der Waals surface area contributed by atoms with Gasteiger partial charge in [-0.2, -0.15) is 8.42 Å². The second kappa shape index (κ2) is 14.1. The highest BCUT2D eigenvalue weighted by molar-refractivity contribution is 7.86. The monoisotopic (exact) mass is 541 g/mol. The van der Waals surface area contributed by atoms with E-state index in [9.17, 15) is 13.2 Å². The summed E-state index contributed by atoms with van der Waals surface area (Å²) in [6.45, 7) is 3.10. The molecule has 0 spiro atoms. The highest BCUT2D eigenvalue weighted by atomic mass is 32.2. The Morgan fingerprint density at radius 3 is 2.45 bits per heavy atom. The molecule has 0 aliphatic rings. The zero-order valence-corrected chi connectivity index (χ0v) is 23.6. The van der Waals surface area contributed by atoms with Gasteiger partial charge in [0.2, 0.25) is 0 Å². The lowest BCUT2D eigenvalue weighted by Gasteiger charge is -2.08. The van der Waals surface area contributed by atoms with Crippen LogP contribution in [0.4, 0.5) is 0 Å². The molecule has 38 heavy (non-hydrogen) atoms. The van der Waals surface area contributed by atoms with Crippen LogP contribution in [0.2, 0.25) is 0 Å². The number of aromatic nitrogens is 2. The summed E-state index contributed by atoms with van der Waals surface area (Å²) < 4.78 is 33.3. The Bertz CT molecular complexity index is 1410. The molecule has 3 rings (SSSR count). The van der Waals surface area contributed by atoms with E-state index >= 15 is 0 Å². The number of aryl methyl sites for hydroxylation is 2. The Morgan fingerprint density at radius 2 is 1.76 bits per heavy atom. The van der Waals surface area contributed by atoms with Crippen LogP contribution in [0.5, 0.6) is 0 Å². The first-order valence-electron chi connectivity index (χ1n) is 13.0. The second-order valence-electron chi connectivity index (χ2n) is 9.45. The Kier molecular flexibility index (Phi) is 10.9. The fourth-order valence-corrected chi connectivity index (χ4v) is 4.94. The van der Waals surface area contributed by atoms with E-state index in [1.807, 2.05) is 24.3 Å². The van der Waals surface area contributed by atoms with Gasteiger partial charge in [-0.1, -0.05) is 30.3 Å². The number of esters is 1. The average molecular weight is 542 g/mol. The van der Waals surface area contributed by atoms with Gasteiger partial charge in [-0.05, 0) is 94.2 Å². The SMILES string of the molecule is CCOC(=O)CC=c1cc(CCCS(=O)(=O)OC)c(=Cc2[nH]c(-c3ccccc3)cc2CCCN(C)C)[nH]1. The molecule has 0 radical (unpaired) electrons. The minimum absolute atomic E-state index is 0.0631. The van der Waals surface area contributed by atoms with Crippen LogP contribution >= 0.6 is 0 Å². The van der Waals surface area contributed by atoms with Gasteiger partial charge in [0.15, 0.2) is 0 Å². The van der Waals surface area contributed by atoms with Gasteiger partial charge in [-0.25, -0.2) is 0 Å². The van der Waals surface area contributed by atoms with Crippen molar-refractivity contribution in [3.63, 3.8) is 0 Å². The molecule has 3 aromatic rings. The fraction of sp³-hybridized carbons (Fsp3) is 0.414. The number of benzene rings is 1. The first-order chi connectivity index (χ1) is 18.2. The molecule has 1 aromatic carbocycles. The molecule has 0 fully saturated rings. The van der Waals surface area contributed by atoms with Crippen molar-refractivity contribution in [2.45, 2.75) is 39.0 Å². The molecular weight excluding hydrogens is 502 g/mol. The van der Waals surface area contributed by atoms with E-state index in [2.05, 4.69) is 57.4 Å². The van der Waals surface area contributed by atoms with Crippen LogP contribution in [-0.2, 0) is 36.7 Å². The molecule has 0 aliphatic carbocycles. The third-order valence-electron chi connectivity index (χ3n) is 6.20. The number of H-pyrrole nitrogens is 2. The van der Waals surface area contributed by atoms with Crippen LogP contribution in [0.1, 0.15) is 43.0 Å². The smallest absolute Gasteiger partial charge is 0.309 e. The number of carbonyl (C=O) groups excluding carboxylic acids is 1. The Hall–Kier alpha value is -3.14. The molecule has 0 saturated carbocycles. The first kappa shape index (κ1) is 29.4. The largest absolute Gasteiger partial charge is 0.466 e. The van der Waals surface area contributed by atoms with Crippen molar-refractivity contribution in [1.29, 1.82) is 0 Å². The predicted octanol–water partition coefficient (Wildman–Crippen LogP) is 2.98. The number of hydrogen-bond donors (Lipinski definition) is 2. The Labute approximate surface area is 225 Å². The fourth-order valence-electron chi connectivity index (χ4n) is 4.27. The molecule has 0 amide bonds. The van der Waals surface area contributed by atoms with Gasteiger partial charge in [-0.3, -0.25) is 8.98 Å². The quantitative estimate of drug-likeness (QED) is 0.240. The van der Waals surface area contributed by atoms with E-state index in [0.717, 1.165) is 52.6 Å². The molecule has 0 aliphatic heterocycles. The minimum Gasteiger partial charge on any atom is -0.466 e. The van der Waals surface area contributed by atoms with Crippen molar-refractivity contribution in [1.82, 2.24) is 14.9 Å². The maximum Gasteiger partial charge on any atom is 0.309 e. The molecule has 2 N–H and O–H groups in total. The number of carbonyl (C=O) groups is 1. The lowest BCUT2D eigenvalue weighted by atomic mass is 10.1. The van der Waals surface area contributed by atoms with E-state index in [1.165, 1.54) is 12.7 Å². The van der Waals surface area contributed by atoms with E-state index in [0.29, 0.717) is 19.4 Å². The maximum atomic E-state index is 11.9. The van der Waals surface area contributed by atoms with E-state index in [4.69, 9.17) is 4.74 Å². The number of rotatable bonds is 14. The van der Waals surface area contributed by atoms with Gasteiger partial charge >= 0.3 is 5.97 Å². The Balaban J connectivity index is 2.01. The van der Waals surface area contributed by atoms with Gasteiger partial charge in [0.1, 0.15) is 0 Å². The third-order valence-corrected chi connectivity index (χ3v) is 7.50. The van der Waals surface area contributed by atoms with E-state index in [-0.39, 0.29) is 18.1 Å². The number of aromatic amines is 2. The molecule has 0 atom stereocenters. The van der Waals surface area contributed by atoms with Crippen LogP contribution < -0.4 is 10.7 Å². The number of hydrogen-bond acceptors (Lipinski definition) is 6. The molecule has 2 heterocycles. The van der Waals surface area contributed by atoms with Gasteiger partial charge in [-0.15, -0.1) is 0 Å². The normalized spacial score (nSPS) is 13.0. The standard InChI is InChI=1S/C29H39N3O5S/c1-5-37-29(33)16-15-25-19-23(14-10-18-38(34,35)36-4)27(30-25)21-28-24(13-9-17-32(2)3)20-26(31-28)22-11-7-6-8-12-22/h6-8,11-12,15,19-21,30-31H,5,9-10,13-14,16-18H2,1-4H3. The van der Waals surface area contributed by atoms with Gasteiger partial charge < -0.3 is 19.6 Å². The molecule has 0 saturated heterocycles. The van der Waals surface area contributed by atoms with Crippen molar-refractivity contribution in [3.05, 3.63) is 70.0 Å². The molecule has 8 nitrogen and oxygen atoms in total. The van der Waals surface area contributed by atoms with Gasteiger partial charge in [0, 0.05) is 22.1 Å². The van der Waals surface area contributed by atoms with Crippen molar-refractivity contribution in [2.75, 3.05) is 40.1 Å². The first-order valence-corrected chi connectivity index (χ1v) is 14.5. The van der Waals surface area contributed by atoms with Crippen LogP contribution in [0, 0.1) is 0 Å². The van der Waals surface area contributed by atoms with Crippen molar-refractivity contribution < 1.29 is 22.1 Å². The van der Waals surface area contributed by atoms with E-state index in [1.54, 1.807) is 13.0 Å².